The van der Waals surface area contributed by atoms with E-state index in [4.69, 9.17) is 19.3 Å². The summed E-state index contributed by atoms with van der Waals surface area (Å²) in [6, 6.07) is 40.9. The van der Waals surface area contributed by atoms with Gasteiger partial charge in [-0.3, -0.25) is 0 Å². The number of phenols is 4. The first-order chi connectivity index (χ1) is 40.7. The molecule has 435 valence electrons. The van der Waals surface area contributed by atoms with Crippen LogP contribution in [0.5, 0.6) is 28.7 Å². The van der Waals surface area contributed by atoms with Crippen LogP contribution in [0.2, 0.25) is 0 Å². The second-order valence-electron chi connectivity index (χ2n) is 22.2. The molecule has 4 aliphatic rings. The summed E-state index contributed by atoms with van der Waals surface area (Å²) in [4.78, 5) is 41.5. The van der Waals surface area contributed by atoms with E-state index < -0.39 is 17.9 Å². The summed E-state index contributed by atoms with van der Waals surface area (Å²) in [6.07, 6.45) is 8.51. The molecule has 86 heavy (non-hydrogen) atoms. The summed E-state index contributed by atoms with van der Waals surface area (Å²) < 4.78 is 18.1. The van der Waals surface area contributed by atoms with Crippen molar-refractivity contribution < 1.29 is 75.9 Å². The van der Waals surface area contributed by atoms with Crippen LogP contribution in [-0.4, -0.2) is 73.8 Å². The third-order valence-corrected chi connectivity index (χ3v) is 14.9. The Labute approximate surface area is 504 Å². The van der Waals surface area contributed by atoms with Crippen molar-refractivity contribution in [3.05, 3.63) is 225 Å². The van der Waals surface area contributed by atoms with E-state index in [1.54, 1.807) is 24.3 Å². The standard InChI is InChI=1S/C51H46N4O7.C17H12N2O4.Co/c1-28-26-50(3,4)52-40-24-44-37(22-35(28)40)46(38-23-36-29(2)27-51(5,6)53-41(36)25-45(38)62-44)33-13-9-10-14-34(33)49(59)61-20-19-60-48(58)31-15-17-39(43(57)21-31)54-55-47-32-12-8-7-11-30(32)16-18-42(47)56;20-14-8-6-10-3-1-2-4-12(10)16(14)19-18-13-7-5-11(17(22)23)9-15(13)21;/h7-18,21-27,37,44,52,56-57H,19-20H2,1-6H3;1-9,20-21H,(H,22,23);/p+1. The van der Waals surface area contributed by atoms with Crippen molar-refractivity contribution in [3.63, 3.8) is 0 Å². The van der Waals surface area contributed by atoms with Gasteiger partial charge in [0.05, 0.1) is 28.3 Å². The Morgan fingerprint density at radius 3 is 1.79 bits per heavy atom. The topological polar surface area (TPSA) is 255 Å². The van der Waals surface area contributed by atoms with Gasteiger partial charge in [0.1, 0.15) is 70.8 Å². The predicted octanol–water partition coefficient (Wildman–Crippen LogP) is 11.7. The van der Waals surface area contributed by atoms with Gasteiger partial charge in [0.15, 0.2) is 5.54 Å². The fourth-order valence-electron chi connectivity index (χ4n) is 11.2. The van der Waals surface area contributed by atoms with Gasteiger partial charge < -0.3 is 45.1 Å². The number of hydrogen-bond acceptors (Lipinski definition) is 15. The number of nitrogens with one attached hydrogen (secondary N) is 2. The minimum absolute atomic E-state index is 0. The molecule has 3 aliphatic heterocycles. The summed E-state index contributed by atoms with van der Waals surface area (Å²) >= 11 is 0. The summed E-state index contributed by atoms with van der Waals surface area (Å²) in [5, 5.41) is 74.7. The van der Waals surface area contributed by atoms with Gasteiger partial charge in [-0.1, -0.05) is 91.0 Å². The number of azo groups is 2. The Morgan fingerprint density at radius 2 is 1.17 bits per heavy atom. The van der Waals surface area contributed by atoms with E-state index in [9.17, 15) is 34.8 Å². The molecule has 0 aromatic heterocycles. The number of carbonyl (C=O) groups is 3. The zero-order chi connectivity index (χ0) is 59.9. The number of carboxylic acid groups (broad SMARTS) is 1. The van der Waals surface area contributed by atoms with Gasteiger partial charge in [0, 0.05) is 63.8 Å². The molecular formula is C68H59CoN6O11+. The third kappa shape index (κ3) is 12.1. The third-order valence-electron chi connectivity index (χ3n) is 14.9. The Hall–Kier alpha value is -10.2. The molecule has 8 aromatic carbocycles. The molecule has 0 spiro atoms. The maximum atomic E-state index is 14.0. The first-order valence-electron chi connectivity index (χ1n) is 27.4. The van der Waals surface area contributed by atoms with Crippen LogP contribution in [0.1, 0.15) is 83.7 Å². The predicted molar refractivity (Wildman–Crippen MR) is 321 cm³/mol. The van der Waals surface area contributed by atoms with Gasteiger partial charge in [-0.15, -0.1) is 20.5 Å². The Kier molecular flexibility index (Phi) is 16.3. The maximum absolute atomic E-state index is 14.0. The molecule has 17 nitrogen and oxygen atoms in total. The van der Waals surface area contributed by atoms with Crippen molar-refractivity contribution in [3.8, 4) is 28.7 Å². The second kappa shape index (κ2) is 23.8. The zero-order valence-corrected chi connectivity index (χ0v) is 48.6. The molecule has 2 atom stereocenters. The van der Waals surface area contributed by atoms with Crippen LogP contribution in [0.15, 0.2) is 207 Å². The molecule has 7 N–H and O–H groups in total. The minimum atomic E-state index is -1.14. The fourth-order valence-corrected chi connectivity index (χ4v) is 11.2. The van der Waals surface area contributed by atoms with Crippen molar-refractivity contribution in [2.24, 2.45) is 26.4 Å². The molecule has 0 amide bonds. The van der Waals surface area contributed by atoms with Crippen LogP contribution >= 0.6 is 0 Å². The van der Waals surface area contributed by atoms with Crippen LogP contribution < -0.4 is 25.6 Å². The molecule has 3 heterocycles. The summed E-state index contributed by atoms with van der Waals surface area (Å²) in [6.45, 7) is 12.4. The smallest absolute Gasteiger partial charge is 0.338 e. The Morgan fingerprint density at radius 1 is 0.605 bits per heavy atom. The fraction of sp³-hybridized carbons (Fsp3) is 0.176. The monoisotopic (exact) mass is 1190 g/mol. The number of aromatic hydroxyl groups is 4. The molecule has 18 heteroatoms. The van der Waals surface area contributed by atoms with Crippen molar-refractivity contribution in [2.45, 2.75) is 58.7 Å². The number of phenolic OH excluding ortho intramolecular Hbond substituents is 4. The maximum Gasteiger partial charge on any atom is 0.338 e. The second-order valence-corrected chi connectivity index (χ2v) is 22.2. The average molecular weight is 1200 g/mol. The van der Waals surface area contributed by atoms with Crippen LogP contribution in [0, 0.1) is 5.92 Å². The minimum Gasteiger partial charge on any atom is -0.506 e. The van der Waals surface area contributed by atoms with Crippen molar-refractivity contribution in [1.82, 2.24) is 5.32 Å². The SMILES string of the molecule is CC1=CC(C)(C)NC2=CC3Oc4cc5c(cc4=C(c4ccccc4C(=O)OCCOC(=O)c4ccc(N=Nc6c(O)ccc7ccccc67)c(O)c4)C3C=C12)C(C)=CC(C)(C)[NH+]=5.O=C(O)c1ccc(N=Nc2c(O)ccc3ccccc23)c(O)c1.[Co]. The van der Waals surface area contributed by atoms with Gasteiger partial charge in [-0.05, 0) is 139 Å². The van der Waals surface area contributed by atoms with Crippen LogP contribution in [0.4, 0.5) is 22.7 Å². The quantitative estimate of drug-likeness (QED) is 0.0363. The molecule has 12 rings (SSSR count). The van der Waals surface area contributed by atoms with Crippen molar-refractivity contribution in [1.29, 1.82) is 0 Å². The molecule has 1 aliphatic carbocycles. The van der Waals surface area contributed by atoms with Crippen molar-refractivity contribution >= 4 is 73.3 Å². The van der Waals surface area contributed by atoms with E-state index in [0.29, 0.717) is 10.9 Å². The first-order valence-corrected chi connectivity index (χ1v) is 27.4. The van der Waals surface area contributed by atoms with Gasteiger partial charge >= 0.3 is 17.9 Å². The number of ether oxygens (including phenoxy) is 3. The summed E-state index contributed by atoms with van der Waals surface area (Å²) in [5.41, 5.74) is 7.85. The molecule has 8 aromatic rings. The number of allylic oxidation sites excluding steroid dienone is 2. The number of carbonyl (C=O) groups excluding carboxylic acids is 2. The number of hydrogen-bond donors (Lipinski definition) is 7. The summed E-state index contributed by atoms with van der Waals surface area (Å²) in [5.74, 6) is -2.63. The number of benzene rings is 8. The largest absolute Gasteiger partial charge is 0.506 e. The van der Waals surface area contributed by atoms with E-state index in [1.807, 2.05) is 60.7 Å². The van der Waals surface area contributed by atoms with Gasteiger partial charge in [-0.25, -0.2) is 19.4 Å². The molecule has 1 radical (unpaired) electrons. The van der Waals surface area contributed by atoms with Crippen LogP contribution in [-0.2, 0) is 26.3 Å². The molecule has 0 saturated carbocycles. The van der Waals surface area contributed by atoms with Crippen molar-refractivity contribution in [2.75, 3.05) is 13.2 Å². The normalized spacial score (nSPS) is 16.8. The molecule has 0 saturated heterocycles. The van der Waals surface area contributed by atoms with Gasteiger partial charge in [0.25, 0.3) is 0 Å². The van der Waals surface area contributed by atoms with Gasteiger partial charge in [-0.2, -0.15) is 0 Å². The Bertz CT molecular complexity index is 4450. The van der Waals surface area contributed by atoms with E-state index in [1.165, 1.54) is 42.5 Å². The first kappa shape index (κ1) is 59.0. The van der Waals surface area contributed by atoms with Gasteiger partial charge in [0.2, 0.25) is 5.36 Å². The summed E-state index contributed by atoms with van der Waals surface area (Å²) in [7, 11) is 0. The Balaban J connectivity index is 0.000000286. The number of fused-ring (bicyclic) bond motifs is 6. The van der Waals surface area contributed by atoms with E-state index >= 15 is 0 Å². The van der Waals surface area contributed by atoms with Crippen LogP contribution in [0.25, 0.3) is 32.7 Å². The number of aromatic carboxylic acids is 1. The average Bonchev–Trinajstić information content (AvgIpc) is 0.777. The molecule has 2 unspecified atom stereocenters. The molecule has 0 fully saturated rings. The van der Waals surface area contributed by atoms with E-state index in [2.05, 4.69) is 109 Å². The van der Waals surface area contributed by atoms with E-state index in [-0.39, 0.29) is 110 Å². The molecular weight excluding hydrogens is 1140 g/mol. The zero-order valence-electron chi connectivity index (χ0n) is 47.5. The van der Waals surface area contributed by atoms with Crippen LogP contribution in [0.3, 0.4) is 0 Å². The number of nitrogens with zero attached hydrogens (tertiary/aromatic N) is 4. The molecule has 0 bridgehead atoms. The van der Waals surface area contributed by atoms with E-state index in [0.717, 1.165) is 77.7 Å². The number of rotatable bonds is 11. The number of carboxylic acids is 1. The number of esters is 2.